The van der Waals surface area contributed by atoms with Crippen LogP contribution in [0.25, 0.3) is 10.8 Å². The third-order valence-corrected chi connectivity index (χ3v) is 4.05. The van der Waals surface area contributed by atoms with Crippen LogP contribution in [0.3, 0.4) is 0 Å². The maximum absolute atomic E-state index is 12.6. The number of nitrogens with zero attached hydrogens (tertiary/aromatic N) is 3. The van der Waals surface area contributed by atoms with Gasteiger partial charge >= 0.3 is 0 Å². The van der Waals surface area contributed by atoms with Gasteiger partial charge in [-0.15, -0.1) is 0 Å². The van der Waals surface area contributed by atoms with E-state index in [1.54, 1.807) is 0 Å². The molecule has 0 aliphatic rings. The Morgan fingerprint density at radius 2 is 1.74 bits per heavy atom. The molecule has 0 saturated carbocycles. The molecule has 1 aromatic heterocycles. The van der Waals surface area contributed by atoms with Crippen LogP contribution in [0.1, 0.15) is 11.3 Å². The zero-order valence-corrected chi connectivity index (χ0v) is 13.9. The van der Waals surface area contributed by atoms with Gasteiger partial charge in [-0.05, 0) is 37.7 Å². The second-order valence-corrected chi connectivity index (χ2v) is 6.15. The van der Waals surface area contributed by atoms with Crippen molar-refractivity contribution in [2.24, 2.45) is 0 Å². The minimum absolute atomic E-state index is 0.0610. The number of aromatic nitrogens is 2. The number of fused-ring (bicyclic) bond motifs is 1. The van der Waals surface area contributed by atoms with E-state index in [0.717, 1.165) is 28.2 Å². The maximum Gasteiger partial charge on any atom is 0.275 e. The highest BCUT2D eigenvalue weighted by molar-refractivity contribution is 6.30. The van der Waals surface area contributed by atoms with Gasteiger partial charge in [0.05, 0.1) is 17.7 Å². The van der Waals surface area contributed by atoms with Crippen molar-refractivity contribution in [3.8, 4) is 0 Å². The van der Waals surface area contributed by atoms with E-state index in [9.17, 15) is 4.79 Å². The van der Waals surface area contributed by atoms with Crippen LogP contribution >= 0.6 is 11.6 Å². The molecule has 5 heteroatoms. The van der Waals surface area contributed by atoms with Gasteiger partial charge in [-0.3, -0.25) is 9.69 Å². The molecule has 118 valence electrons. The predicted octanol–water partition coefficient (Wildman–Crippen LogP) is 3.45. The first-order chi connectivity index (χ1) is 11.0. The maximum atomic E-state index is 12.6. The summed E-state index contributed by atoms with van der Waals surface area (Å²) in [5.41, 5.74) is 1.94. The third kappa shape index (κ3) is 3.44. The van der Waals surface area contributed by atoms with Crippen molar-refractivity contribution in [3.63, 3.8) is 0 Å². The SMILES string of the molecule is Cc1nn(CN(C)Cc2ccc(Cl)cc2)c(=O)c2ccccc12. The van der Waals surface area contributed by atoms with Crippen LogP contribution in [-0.2, 0) is 13.2 Å². The van der Waals surface area contributed by atoms with Crippen molar-refractivity contribution in [3.05, 3.63) is 75.2 Å². The van der Waals surface area contributed by atoms with E-state index in [1.165, 1.54) is 4.68 Å². The van der Waals surface area contributed by atoms with Gasteiger partial charge in [-0.2, -0.15) is 5.10 Å². The number of aryl methyl sites for hydroxylation is 1. The Labute approximate surface area is 139 Å². The molecule has 3 rings (SSSR count). The molecule has 2 aromatic carbocycles. The summed E-state index contributed by atoms with van der Waals surface area (Å²) < 4.78 is 1.52. The molecule has 0 aliphatic carbocycles. The lowest BCUT2D eigenvalue weighted by Crippen LogP contribution is -2.32. The van der Waals surface area contributed by atoms with Crippen LogP contribution in [0.15, 0.2) is 53.3 Å². The second-order valence-electron chi connectivity index (χ2n) is 5.72. The predicted molar refractivity (Wildman–Crippen MR) is 93.7 cm³/mol. The first kappa shape index (κ1) is 15.7. The van der Waals surface area contributed by atoms with E-state index >= 15 is 0 Å². The molecule has 4 nitrogen and oxygen atoms in total. The van der Waals surface area contributed by atoms with Gasteiger partial charge < -0.3 is 0 Å². The molecule has 1 heterocycles. The summed E-state index contributed by atoms with van der Waals surface area (Å²) in [6.07, 6.45) is 0. The average molecular weight is 328 g/mol. The van der Waals surface area contributed by atoms with E-state index < -0.39 is 0 Å². The van der Waals surface area contributed by atoms with E-state index in [-0.39, 0.29) is 5.56 Å². The Morgan fingerprint density at radius 1 is 1.09 bits per heavy atom. The number of hydrogen-bond acceptors (Lipinski definition) is 3. The molecule has 3 aromatic rings. The lowest BCUT2D eigenvalue weighted by atomic mass is 10.1. The Hall–Kier alpha value is -2.17. The Bertz CT molecular complexity index is 887. The molecule has 0 unspecified atom stereocenters. The fourth-order valence-corrected chi connectivity index (χ4v) is 2.81. The van der Waals surface area contributed by atoms with Crippen molar-refractivity contribution >= 4 is 22.4 Å². The molecular weight excluding hydrogens is 310 g/mol. The monoisotopic (exact) mass is 327 g/mol. The topological polar surface area (TPSA) is 38.1 Å². The van der Waals surface area contributed by atoms with E-state index in [4.69, 9.17) is 11.6 Å². The minimum Gasteiger partial charge on any atom is -0.283 e. The number of benzene rings is 2. The number of halogens is 1. The van der Waals surface area contributed by atoms with Crippen molar-refractivity contribution in [2.45, 2.75) is 20.1 Å². The molecule has 0 saturated heterocycles. The molecule has 23 heavy (non-hydrogen) atoms. The van der Waals surface area contributed by atoms with Crippen LogP contribution < -0.4 is 5.56 Å². The Morgan fingerprint density at radius 3 is 2.43 bits per heavy atom. The highest BCUT2D eigenvalue weighted by atomic mass is 35.5. The summed E-state index contributed by atoms with van der Waals surface area (Å²) >= 11 is 5.90. The summed E-state index contributed by atoms with van der Waals surface area (Å²) in [5.74, 6) is 0. The van der Waals surface area contributed by atoms with Crippen LogP contribution in [0.5, 0.6) is 0 Å². The fourth-order valence-electron chi connectivity index (χ4n) is 2.68. The first-order valence-electron chi connectivity index (χ1n) is 7.44. The molecule has 0 spiro atoms. The van der Waals surface area contributed by atoms with Gasteiger partial charge in [-0.1, -0.05) is 41.9 Å². The second kappa shape index (κ2) is 6.52. The minimum atomic E-state index is -0.0610. The van der Waals surface area contributed by atoms with Gasteiger partial charge in [0.1, 0.15) is 0 Å². The Kier molecular flexibility index (Phi) is 4.46. The smallest absolute Gasteiger partial charge is 0.275 e. The highest BCUT2D eigenvalue weighted by Crippen LogP contribution is 2.13. The summed E-state index contributed by atoms with van der Waals surface area (Å²) in [6, 6.07) is 15.3. The lowest BCUT2D eigenvalue weighted by Gasteiger charge is -2.18. The highest BCUT2D eigenvalue weighted by Gasteiger charge is 2.09. The molecule has 0 radical (unpaired) electrons. The first-order valence-corrected chi connectivity index (χ1v) is 7.82. The zero-order valence-electron chi connectivity index (χ0n) is 13.2. The fraction of sp³-hybridized carbons (Fsp3) is 0.222. The van der Waals surface area contributed by atoms with Gasteiger partial charge in [-0.25, -0.2) is 4.68 Å². The van der Waals surface area contributed by atoms with Crippen LogP contribution in [0.2, 0.25) is 5.02 Å². The van der Waals surface area contributed by atoms with Gasteiger partial charge in [0.15, 0.2) is 0 Å². The molecular formula is C18H18ClN3O. The number of rotatable bonds is 4. The molecule has 0 amide bonds. The number of hydrogen-bond donors (Lipinski definition) is 0. The molecule has 0 bridgehead atoms. The molecule has 0 atom stereocenters. The van der Waals surface area contributed by atoms with Crippen LogP contribution in [0, 0.1) is 6.92 Å². The zero-order chi connectivity index (χ0) is 16.4. The van der Waals surface area contributed by atoms with E-state index in [1.807, 2.05) is 67.4 Å². The quantitative estimate of drug-likeness (QED) is 0.736. The van der Waals surface area contributed by atoms with Gasteiger partial charge in [0, 0.05) is 17.0 Å². The Balaban J connectivity index is 1.85. The third-order valence-electron chi connectivity index (χ3n) is 3.79. The average Bonchev–Trinajstić information content (AvgIpc) is 2.54. The van der Waals surface area contributed by atoms with Crippen molar-refractivity contribution in [1.29, 1.82) is 0 Å². The largest absolute Gasteiger partial charge is 0.283 e. The molecule has 0 fully saturated rings. The normalized spacial score (nSPS) is 11.3. The van der Waals surface area contributed by atoms with Crippen molar-refractivity contribution in [2.75, 3.05) is 7.05 Å². The lowest BCUT2D eigenvalue weighted by molar-refractivity contribution is 0.240. The summed E-state index contributed by atoms with van der Waals surface area (Å²) in [6.45, 7) is 3.09. The molecule has 0 N–H and O–H groups in total. The standard InChI is InChI=1S/C18H18ClN3O/c1-13-16-5-3-4-6-17(16)18(23)22(20-13)12-21(2)11-14-7-9-15(19)10-8-14/h3-10H,11-12H2,1-2H3. The van der Waals surface area contributed by atoms with Gasteiger partial charge in [0.2, 0.25) is 0 Å². The molecule has 0 aliphatic heterocycles. The summed E-state index contributed by atoms with van der Waals surface area (Å²) in [5, 5.41) is 6.78. The summed E-state index contributed by atoms with van der Waals surface area (Å²) in [4.78, 5) is 14.6. The van der Waals surface area contributed by atoms with Gasteiger partial charge in [0.25, 0.3) is 5.56 Å². The van der Waals surface area contributed by atoms with Crippen molar-refractivity contribution < 1.29 is 0 Å². The van der Waals surface area contributed by atoms with Crippen LogP contribution in [-0.4, -0.2) is 21.7 Å². The van der Waals surface area contributed by atoms with Crippen LogP contribution in [0.4, 0.5) is 0 Å². The van der Waals surface area contributed by atoms with Crippen molar-refractivity contribution in [1.82, 2.24) is 14.7 Å². The summed E-state index contributed by atoms with van der Waals surface area (Å²) in [7, 11) is 1.97. The van der Waals surface area contributed by atoms with E-state index in [2.05, 4.69) is 5.10 Å². The van der Waals surface area contributed by atoms with E-state index in [0.29, 0.717) is 12.1 Å².